The molecule has 0 amide bonds. The minimum Gasteiger partial charge on any atom is -0.374 e. The lowest BCUT2D eigenvalue weighted by Gasteiger charge is -2.25. The van der Waals surface area contributed by atoms with E-state index < -0.39 is 24.4 Å². The zero-order valence-corrected chi connectivity index (χ0v) is 24.3. The first-order valence-electron chi connectivity index (χ1n) is 13.9. The van der Waals surface area contributed by atoms with Gasteiger partial charge in [0, 0.05) is 10.9 Å². The van der Waals surface area contributed by atoms with Crippen molar-refractivity contribution in [1.29, 1.82) is 0 Å². The summed E-state index contributed by atoms with van der Waals surface area (Å²) in [5, 5.41) is 1.04. The number of rotatable bonds is 11. The third kappa shape index (κ3) is 6.81. The summed E-state index contributed by atoms with van der Waals surface area (Å²) >= 11 is 12.7. The molecule has 8 heteroatoms. The zero-order chi connectivity index (χ0) is 28.7. The summed E-state index contributed by atoms with van der Waals surface area (Å²) in [6.45, 7) is 1.56. The van der Waals surface area contributed by atoms with Crippen LogP contribution in [0.4, 0.5) is 0 Å². The maximum absolute atomic E-state index is 6.75. The molecule has 1 saturated heterocycles. The molecule has 5 aromatic rings. The molecule has 4 atom stereocenters. The van der Waals surface area contributed by atoms with E-state index in [4.69, 9.17) is 42.1 Å². The van der Waals surface area contributed by atoms with Gasteiger partial charge < -0.3 is 18.9 Å². The van der Waals surface area contributed by atoms with E-state index in [2.05, 4.69) is 9.97 Å². The van der Waals surface area contributed by atoms with Crippen molar-refractivity contribution in [2.75, 3.05) is 6.61 Å². The largest absolute Gasteiger partial charge is 0.374 e. The molecule has 4 aromatic carbocycles. The van der Waals surface area contributed by atoms with Gasteiger partial charge in [0.25, 0.3) is 0 Å². The van der Waals surface area contributed by atoms with Crippen molar-refractivity contribution in [3.63, 3.8) is 0 Å². The number of aromatic nitrogens is 2. The van der Waals surface area contributed by atoms with Crippen molar-refractivity contribution < 1.29 is 18.9 Å². The number of nitrogens with zero attached hydrogens (tertiary/aromatic N) is 2. The molecule has 6 nitrogen and oxygen atoms in total. The number of halogens is 2. The Hall–Kier alpha value is -3.36. The molecule has 0 bridgehead atoms. The molecule has 0 saturated carbocycles. The first kappa shape index (κ1) is 28.7. The summed E-state index contributed by atoms with van der Waals surface area (Å²) in [7, 11) is 0. The molecule has 1 aromatic heterocycles. The lowest BCUT2D eigenvalue weighted by atomic mass is 9.98. The molecule has 0 radical (unpaired) electrons. The Labute approximate surface area is 255 Å². The highest BCUT2D eigenvalue weighted by atomic mass is 35.5. The van der Waals surface area contributed by atoms with Crippen LogP contribution in [0.25, 0.3) is 10.9 Å². The second-order valence-corrected chi connectivity index (χ2v) is 10.8. The van der Waals surface area contributed by atoms with Crippen molar-refractivity contribution in [2.45, 2.75) is 44.2 Å². The molecule has 1 fully saturated rings. The van der Waals surface area contributed by atoms with Crippen LogP contribution in [0.3, 0.4) is 0 Å². The monoisotopic (exact) mass is 600 g/mol. The van der Waals surface area contributed by atoms with Gasteiger partial charge in [-0.1, -0.05) is 115 Å². The molecule has 1 aliphatic heterocycles. The van der Waals surface area contributed by atoms with Crippen molar-refractivity contribution in [3.05, 3.63) is 142 Å². The average Bonchev–Trinajstić information content (AvgIpc) is 3.37. The number of benzene rings is 4. The number of ether oxygens (including phenoxy) is 4. The smallest absolute Gasteiger partial charge is 0.224 e. The van der Waals surface area contributed by atoms with Crippen molar-refractivity contribution in [3.8, 4) is 0 Å². The van der Waals surface area contributed by atoms with E-state index in [1.54, 1.807) is 0 Å². The van der Waals surface area contributed by atoms with E-state index in [0.717, 1.165) is 22.3 Å². The highest BCUT2D eigenvalue weighted by Crippen LogP contribution is 2.41. The van der Waals surface area contributed by atoms with Crippen LogP contribution in [0.2, 0.25) is 10.4 Å². The summed E-state index contributed by atoms with van der Waals surface area (Å²) < 4.78 is 26.2. The molecular formula is C34H30Cl2N2O4. The zero-order valence-electron chi connectivity index (χ0n) is 22.8. The van der Waals surface area contributed by atoms with E-state index in [0.29, 0.717) is 37.3 Å². The van der Waals surface area contributed by atoms with Crippen LogP contribution < -0.4 is 0 Å². The van der Waals surface area contributed by atoms with Gasteiger partial charge in [-0.3, -0.25) is 0 Å². The van der Waals surface area contributed by atoms with Gasteiger partial charge in [0.05, 0.1) is 31.9 Å². The standard InChI is InChI=1S/C34H30Cl2N2O4/c35-33-27-18-10-17-26(29(27)37-34(36)38-33)30-32(41-21-25-15-8-3-9-16-25)31(40-20-24-13-6-2-7-14-24)28(42-30)22-39-19-23-11-4-1-5-12-23/h1-18,28,30-32H,19-22H2/t28-,30+,31-,32+/m1/s1. The molecule has 214 valence electrons. The van der Waals surface area contributed by atoms with Gasteiger partial charge in [-0.15, -0.1) is 0 Å². The fraction of sp³-hybridized carbons (Fsp3) is 0.235. The van der Waals surface area contributed by atoms with Crippen LogP contribution >= 0.6 is 23.2 Å². The van der Waals surface area contributed by atoms with Gasteiger partial charge in [0.1, 0.15) is 29.6 Å². The Morgan fingerprint density at radius 2 is 1.19 bits per heavy atom. The summed E-state index contributed by atoms with van der Waals surface area (Å²) in [5.41, 5.74) is 4.61. The van der Waals surface area contributed by atoms with Crippen LogP contribution in [0.1, 0.15) is 28.4 Å². The molecule has 0 N–H and O–H groups in total. The van der Waals surface area contributed by atoms with E-state index in [9.17, 15) is 0 Å². The predicted octanol–water partition coefficient (Wildman–Crippen LogP) is 7.76. The average molecular weight is 602 g/mol. The summed E-state index contributed by atoms with van der Waals surface area (Å²) in [6, 6.07) is 35.9. The van der Waals surface area contributed by atoms with Crippen molar-refractivity contribution in [2.24, 2.45) is 0 Å². The van der Waals surface area contributed by atoms with E-state index in [1.165, 1.54) is 0 Å². The molecule has 0 aliphatic carbocycles. The van der Waals surface area contributed by atoms with Gasteiger partial charge in [-0.05, 0) is 34.4 Å². The molecule has 0 unspecified atom stereocenters. The first-order valence-corrected chi connectivity index (χ1v) is 14.6. The van der Waals surface area contributed by atoms with Crippen LogP contribution in [-0.4, -0.2) is 34.9 Å². The number of para-hydroxylation sites is 1. The van der Waals surface area contributed by atoms with Crippen LogP contribution in [0.5, 0.6) is 0 Å². The fourth-order valence-corrected chi connectivity index (χ4v) is 5.68. The van der Waals surface area contributed by atoms with Crippen LogP contribution in [-0.2, 0) is 38.8 Å². The van der Waals surface area contributed by atoms with Gasteiger partial charge in [0.2, 0.25) is 5.28 Å². The number of fused-ring (bicyclic) bond motifs is 1. The van der Waals surface area contributed by atoms with E-state index >= 15 is 0 Å². The lowest BCUT2D eigenvalue weighted by molar-refractivity contribution is -0.0898. The molecule has 2 heterocycles. The summed E-state index contributed by atoms with van der Waals surface area (Å²) in [6.07, 6.45) is -1.84. The third-order valence-corrected chi connectivity index (χ3v) is 7.72. The first-order chi connectivity index (χ1) is 20.7. The second kappa shape index (κ2) is 13.7. The molecule has 1 aliphatic rings. The highest BCUT2D eigenvalue weighted by molar-refractivity contribution is 6.35. The predicted molar refractivity (Wildman–Crippen MR) is 163 cm³/mol. The fourth-order valence-electron chi connectivity index (χ4n) is 5.24. The van der Waals surface area contributed by atoms with Crippen LogP contribution in [0.15, 0.2) is 109 Å². The Morgan fingerprint density at radius 1 is 0.619 bits per heavy atom. The second-order valence-electron chi connectivity index (χ2n) is 10.1. The molecular weight excluding hydrogens is 571 g/mol. The number of hydrogen-bond donors (Lipinski definition) is 0. The summed E-state index contributed by atoms with van der Waals surface area (Å²) in [5.74, 6) is 0. The van der Waals surface area contributed by atoms with Crippen molar-refractivity contribution >= 4 is 34.1 Å². The number of hydrogen-bond acceptors (Lipinski definition) is 6. The van der Waals surface area contributed by atoms with E-state index in [1.807, 2.05) is 109 Å². The minimum atomic E-state index is -0.523. The SMILES string of the molecule is Clc1nc(Cl)c2cccc([C@@H]3O[C@H](COCc4ccccc4)[C@@H](OCc4ccccc4)[C@H]3OCc3ccccc3)c2n1. The van der Waals surface area contributed by atoms with Gasteiger partial charge in [-0.2, -0.15) is 0 Å². The Kier molecular flexibility index (Phi) is 9.41. The quantitative estimate of drug-likeness (QED) is 0.114. The normalized spacial score (nSPS) is 20.2. The van der Waals surface area contributed by atoms with Crippen molar-refractivity contribution in [1.82, 2.24) is 9.97 Å². The van der Waals surface area contributed by atoms with Gasteiger partial charge >= 0.3 is 0 Å². The Bertz CT molecular complexity index is 1590. The highest BCUT2D eigenvalue weighted by Gasteiger charge is 2.48. The molecule has 42 heavy (non-hydrogen) atoms. The molecule has 6 rings (SSSR count). The Balaban J connectivity index is 1.33. The van der Waals surface area contributed by atoms with Crippen LogP contribution in [0, 0.1) is 0 Å². The Morgan fingerprint density at radius 3 is 1.81 bits per heavy atom. The topological polar surface area (TPSA) is 62.7 Å². The minimum absolute atomic E-state index is 0.0688. The van der Waals surface area contributed by atoms with Gasteiger partial charge in [-0.25, -0.2) is 9.97 Å². The summed E-state index contributed by atoms with van der Waals surface area (Å²) in [4.78, 5) is 8.67. The lowest BCUT2D eigenvalue weighted by Crippen LogP contribution is -2.37. The van der Waals surface area contributed by atoms with E-state index in [-0.39, 0.29) is 10.4 Å². The van der Waals surface area contributed by atoms with Gasteiger partial charge in [0.15, 0.2) is 0 Å². The maximum atomic E-state index is 6.75. The third-order valence-electron chi connectivity index (χ3n) is 7.26. The maximum Gasteiger partial charge on any atom is 0.224 e. The molecule has 0 spiro atoms.